The Morgan fingerprint density at radius 2 is 2.39 bits per heavy atom. The zero-order chi connectivity index (χ0) is 13.1. The summed E-state index contributed by atoms with van der Waals surface area (Å²) in [7, 11) is 0. The van der Waals surface area contributed by atoms with Gasteiger partial charge in [0.1, 0.15) is 5.69 Å². The van der Waals surface area contributed by atoms with E-state index in [4.69, 9.17) is 5.73 Å². The Hall–Kier alpha value is -1.36. The molecule has 2 rings (SSSR count). The van der Waals surface area contributed by atoms with Gasteiger partial charge < -0.3 is 10.6 Å². The summed E-state index contributed by atoms with van der Waals surface area (Å²) >= 11 is 0. The number of nitrogens with two attached hydrogens (primary N) is 1. The predicted octanol–water partition coefficient (Wildman–Crippen LogP) is 1.02. The van der Waals surface area contributed by atoms with E-state index in [9.17, 15) is 4.79 Å². The lowest BCUT2D eigenvalue weighted by molar-refractivity contribution is 0.0774. The second-order valence-electron chi connectivity index (χ2n) is 4.97. The highest BCUT2D eigenvalue weighted by Crippen LogP contribution is 2.21. The minimum atomic E-state index is 0.108. The molecule has 0 aliphatic carbocycles. The molecule has 1 aromatic rings. The molecule has 2 heterocycles. The summed E-state index contributed by atoms with van der Waals surface area (Å²) in [5, 5.41) is 4.33. The van der Waals surface area contributed by atoms with Gasteiger partial charge in [-0.3, -0.25) is 9.48 Å². The van der Waals surface area contributed by atoms with Crippen molar-refractivity contribution in [3.8, 4) is 0 Å². The lowest BCUT2D eigenvalue weighted by Crippen LogP contribution is -2.30. The number of carbonyl (C=O) groups is 1. The fourth-order valence-corrected chi connectivity index (χ4v) is 2.61. The zero-order valence-corrected chi connectivity index (χ0v) is 11.2. The summed E-state index contributed by atoms with van der Waals surface area (Å²) in [5.41, 5.74) is 7.18. The first-order valence-electron chi connectivity index (χ1n) is 6.69. The molecule has 1 aromatic heterocycles. The molecule has 0 saturated carbocycles. The van der Waals surface area contributed by atoms with Crippen LogP contribution >= 0.6 is 0 Å². The molecule has 1 saturated heterocycles. The van der Waals surface area contributed by atoms with Crippen LogP contribution in [-0.4, -0.2) is 40.2 Å². The molecule has 0 radical (unpaired) electrons. The second kappa shape index (κ2) is 5.52. The summed E-state index contributed by atoms with van der Waals surface area (Å²) in [6.07, 6.45) is 2.08. The van der Waals surface area contributed by atoms with Gasteiger partial charge in [0.25, 0.3) is 5.91 Å². The Labute approximate surface area is 108 Å². The van der Waals surface area contributed by atoms with Crippen molar-refractivity contribution in [1.82, 2.24) is 14.7 Å². The maximum Gasteiger partial charge on any atom is 0.272 e. The molecule has 1 fully saturated rings. The normalized spacial score (nSPS) is 19.5. The quantitative estimate of drug-likeness (QED) is 0.867. The van der Waals surface area contributed by atoms with Crippen LogP contribution in [0.2, 0.25) is 0 Å². The summed E-state index contributed by atoms with van der Waals surface area (Å²) in [4.78, 5) is 14.4. The number of aromatic nitrogens is 2. The molecule has 0 spiro atoms. The van der Waals surface area contributed by atoms with Gasteiger partial charge in [-0.1, -0.05) is 0 Å². The van der Waals surface area contributed by atoms with E-state index in [1.807, 2.05) is 24.8 Å². The highest BCUT2D eigenvalue weighted by Gasteiger charge is 2.28. The van der Waals surface area contributed by atoms with Gasteiger partial charge in [0.2, 0.25) is 0 Å². The Bertz CT molecular complexity index is 427. The molecular formula is C13H22N4O. The van der Waals surface area contributed by atoms with Gasteiger partial charge in [-0.15, -0.1) is 0 Å². The maximum absolute atomic E-state index is 12.4. The molecule has 1 atom stereocenters. The van der Waals surface area contributed by atoms with Gasteiger partial charge in [-0.25, -0.2) is 0 Å². The highest BCUT2D eigenvalue weighted by molar-refractivity contribution is 5.92. The zero-order valence-electron chi connectivity index (χ0n) is 11.2. The first kappa shape index (κ1) is 13.1. The van der Waals surface area contributed by atoms with Crippen LogP contribution in [0.5, 0.6) is 0 Å². The van der Waals surface area contributed by atoms with Crippen LogP contribution in [-0.2, 0) is 6.54 Å². The lowest BCUT2D eigenvalue weighted by Gasteiger charge is -2.16. The van der Waals surface area contributed by atoms with Gasteiger partial charge >= 0.3 is 0 Å². The van der Waals surface area contributed by atoms with Gasteiger partial charge in [-0.05, 0) is 45.2 Å². The molecule has 5 nitrogen and oxygen atoms in total. The van der Waals surface area contributed by atoms with E-state index in [1.165, 1.54) is 0 Å². The van der Waals surface area contributed by atoms with E-state index in [0.717, 1.165) is 38.2 Å². The molecule has 1 aliphatic rings. The largest absolute Gasteiger partial charge is 0.337 e. The third-order valence-electron chi connectivity index (χ3n) is 3.57. The SMILES string of the molecule is CCn1nc(C)cc1C(=O)N1CCC(CCN)C1. The number of carbonyl (C=O) groups excluding carboxylic acids is 1. The van der Waals surface area contributed by atoms with Crippen molar-refractivity contribution < 1.29 is 4.79 Å². The fraction of sp³-hybridized carbons (Fsp3) is 0.692. The molecule has 2 N–H and O–H groups in total. The molecule has 1 aliphatic heterocycles. The topological polar surface area (TPSA) is 64.2 Å². The minimum absolute atomic E-state index is 0.108. The van der Waals surface area contributed by atoms with Crippen molar-refractivity contribution in [2.24, 2.45) is 11.7 Å². The van der Waals surface area contributed by atoms with Crippen LogP contribution in [0.15, 0.2) is 6.07 Å². The number of rotatable bonds is 4. The average Bonchev–Trinajstić information content (AvgIpc) is 2.95. The third kappa shape index (κ3) is 2.56. The first-order chi connectivity index (χ1) is 8.65. The van der Waals surface area contributed by atoms with Crippen molar-refractivity contribution in [3.05, 3.63) is 17.5 Å². The van der Waals surface area contributed by atoms with Gasteiger partial charge in [0.15, 0.2) is 0 Å². The molecule has 0 bridgehead atoms. The van der Waals surface area contributed by atoms with Crippen LogP contribution < -0.4 is 5.73 Å². The van der Waals surface area contributed by atoms with Crippen molar-refractivity contribution in [1.29, 1.82) is 0 Å². The van der Waals surface area contributed by atoms with Crippen LogP contribution in [0.1, 0.15) is 35.9 Å². The standard InChI is InChI=1S/C13H22N4O/c1-3-17-12(8-10(2)15-17)13(18)16-7-5-11(9-16)4-6-14/h8,11H,3-7,9,14H2,1-2H3. The van der Waals surface area contributed by atoms with E-state index < -0.39 is 0 Å². The van der Waals surface area contributed by atoms with Crippen molar-refractivity contribution in [2.75, 3.05) is 19.6 Å². The summed E-state index contributed by atoms with van der Waals surface area (Å²) in [6, 6.07) is 1.88. The number of likely N-dealkylation sites (tertiary alicyclic amines) is 1. The molecule has 18 heavy (non-hydrogen) atoms. The highest BCUT2D eigenvalue weighted by atomic mass is 16.2. The molecule has 0 aromatic carbocycles. The molecule has 100 valence electrons. The molecule has 1 unspecified atom stereocenters. The fourth-order valence-electron chi connectivity index (χ4n) is 2.61. The Morgan fingerprint density at radius 3 is 3.06 bits per heavy atom. The number of amides is 1. The third-order valence-corrected chi connectivity index (χ3v) is 3.57. The van der Waals surface area contributed by atoms with Gasteiger partial charge in [-0.2, -0.15) is 5.10 Å². The summed E-state index contributed by atoms with van der Waals surface area (Å²) in [6.45, 7) is 7.05. The predicted molar refractivity (Wildman–Crippen MR) is 70.3 cm³/mol. The summed E-state index contributed by atoms with van der Waals surface area (Å²) in [5.74, 6) is 0.676. The van der Waals surface area contributed by atoms with Gasteiger partial charge in [0, 0.05) is 19.6 Å². The van der Waals surface area contributed by atoms with Crippen LogP contribution in [0.3, 0.4) is 0 Å². The lowest BCUT2D eigenvalue weighted by atomic mass is 10.1. The number of nitrogens with zero attached hydrogens (tertiary/aromatic N) is 3. The molecular weight excluding hydrogens is 228 g/mol. The van der Waals surface area contributed by atoms with Crippen LogP contribution in [0.25, 0.3) is 0 Å². The van der Waals surface area contributed by atoms with E-state index in [1.54, 1.807) is 4.68 Å². The number of aryl methyl sites for hydroxylation is 2. The molecule has 1 amide bonds. The second-order valence-corrected chi connectivity index (χ2v) is 4.97. The Balaban J connectivity index is 2.07. The Kier molecular flexibility index (Phi) is 4.01. The maximum atomic E-state index is 12.4. The van der Waals surface area contributed by atoms with E-state index >= 15 is 0 Å². The monoisotopic (exact) mass is 250 g/mol. The Morgan fingerprint density at radius 1 is 1.61 bits per heavy atom. The number of hydrogen-bond donors (Lipinski definition) is 1. The number of hydrogen-bond acceptors (Lipinski definition) is 3. The van der Waals surface area contributed by atoms with Crippen molar-refractivity contribution in [2.45, 2.75) is 33.2 Å². The average molecular weight is 250 g/mol. The van der Waals surface area contributed by atoms with Crippen molar-refractivity contribution in [3.63, 3.8) is 0 Å². The van der Waals surface area contributed by atoms with Crippen LogP contribution in [0.4, 0.5) is 0 Å². The summed E-state index contributed by atoms with van der Waals surface area (Å²) < 4.78 is 1.79. The van der Waals surface area contributed by atoms with Crippen LogP contribution in [0, 0.1) is 12.8 Å². The first-order valence-corrected chi connectivity index (χ1v) is 6.69. The van der Waals surface area contributed by atoms with E-state index in [-0.39, 0.29) is 5.91 Å². The van der Waals surface area contributed by atoms with Gasteiger partial charge in [0.05, 0.1) is 5.69 Å². The van der Waals surface area contributed by atoms with E-state index in [0.29, 0.717) is 18.2 Å². The minimum Gasteiger partial charge on any atom is -0.337 e. The van der Waals surface area contributed by atoms with Crippen molar-refractivity contribution >= 4 is 5.91 Å². The van der Waals surface area contributed by atoms with E-state index in [2.05, 4.69) is 5.10 Å². The molecule has 5 heteroatoms. The smallest absolute Gasteiger partial charge is 0.272 e.